The maximum atomic E-state index is 9.26. The van der Waals surface area contributed by atoms with Gasteiger partial charge in [-0.1, -0.05) is 22.6 Å². The Hall–Kier alpha value is 0.570. The summed E-state index contributed by atoms with van der Waals surface area (Å²) in [6, 6.07) is 0. The fraction of sp³-hybridized carbons (Fsp3) is 1.00. The van der Waals surface area contributed by atoms with E-state index >= 15 is 0 Å². The second-order valence-electron chi connectivity index (χ2n) is 2.57. The topological polar surface area (TPSA) is 69.9 Å². The molecule has 1 saturated heterocycles. The number of aliphatic hydroxyl groups is 3. The quantitative estimate of drug-likeness (QED) is 0.435. The minimum Gasteiger partial charge on any atom is -0.394 e. The number of alkyl halides is 1. The van der Waals surface area contributed by atoms with Crippen LogP contribution in [0.25, 0.3) is 0 Å². The first-order chi connectivity index (χ1) is 5.15. The molecular formula is C6H11IO4. The first kappa shape index (κ1) is 9.66. The summed E-state index contributed by atoms with van der Waals surface area (Å²) in [4.78, 5) is 0. The van der Waals surface area contributed by atoms with Gasteiger partial charge < -0.3 is 20.1 Å². The molecule has 3 N–H and O–H groups in total. The predicted octanol–water partition coefficient (Wildman–Crippen LogP) is -0.750. The Morgan fingerprint density at radius 1 is 1.45 bits per heavy atom. The standard InChI is InChI=1S/C6H11IO4/c7-3-1-4(9)5(2-8)11-6(3)10/h3-6,8-10H,1-2H2. The molecule has 0 spiro atoms. The van der Waals surface area contributed by atoms with Crippen LogP contribution < -0.4 is 0 Å². The molecule has 1 heterocycles. The van der Waals surface area contributed by atoms with Crippen LogP contribution in [0.2, 0.25) is 0 Å². The Balaban J connectivity index is 2.48. The summed E-state index contributed by atoms with van der Waals surface area (Å²) in [5, 5.41) is 27.1. The van der Waals surface area contributed by atoms with Crippen molar-refractivity contribution in [2.24, 2.45) is 0 Å². The minimum atomic E-state index is -0.865. The number of hydrogen-bond donors (Lipinski definition) is 3. The second kappa shape index (κ2) is 3.99. The lowest BCUT2D eigenvalue weighted by molar-refractivity contribution is -0.201. The third-order valence-electron chi connectivity index (χ3n) is 1.70. The van der Waals surface area contributed by atoms with Crippen LogP contribution in [0, 0.1) is 0 Å². The summed E-state index contributed by atoms with van der Waals surface area (Å²) in [5.41, 5.74) is 0. The van der Waals surface area contributed by atoms with Crippen molar-refractivity contribution in [3.63, 3.8) is 0 Å². The van der Waals surface area contributed by atoms with Crippen LogP contribution >= 0.6 is 22.6 Å². The van der Waals surface area contributed by atoms with E-state index in [0.29, 0.717) is 6.42 Å². The summed E-state index contributed by atoms with van der Waals surface area (Å²) in [7, 11) is 0. The van der Waals surface area contributed by atoms with E-state index in [1.807, 2.05) is 22.6 Å². The van der Waals surface area contributed by atoms with Crippen LogP contribution in [0.15, 0.2) is 0 Å². The highest BCUT2D eigenvalue weighted by molar-refractivity contribution is 14.1. The molecule has 1 rings (SSSR count). The third-order valence-corrected chi connectivity index (χ3v) is 2.82. The predicted molar refractivity (Wildman–Crippen MR) is 46.4 cm³/mol. The molecule has 0 aromatic heterocycles. The molecule has 11 heavy (non-hydrogen) atoms. The van der Waals surface area contributed by atoms with Gasteiger partial charge in [0.2, 0.25) is 0 Å². The van der Waals surface area contributed by atoms with Gasteiger partial charge in [0.25, 0.3) is 0 Å². The summed E-state index contributed by atoms with van der Waals surface area (Å²) < 4.78 is 4.82. The largest absolute Gasteiger partial charge is 0.394 e. The molecule has 66 valence electrons. The Morgan fingerprint density at radius 2 is 2.09 bits per heavy atom. The van der Waals surface area contributed by atoms with Crippen LogP contribution in [0.1, 0.15) is 6.42 Å². The number of hydrogen-bond acceptors (Lipinski definition) is 4. The van der Waals surface area contributed by atoms with Gasteiger partial charge in [-0.05, 0) is 6.42 Å². The Labute approximate surface area is 78.3 Å². The van der Waals surface area contributed by atoms with Gasteiger partial charge >= 0.3 is 0 Å². The highest BCUT2D eigenvalue weighted by Crippen LogP contribution is 2.24. The van der Waals surface area contributed by atoms with Crippen LogP contribution in [-0.2, 0) is 4.74 Å². The van der Waals surface area contributed by atoms with Gasteiger partial charge in [-0.15, -0.1) is 0 Å². The van der Waals surface area contributed by atoms with Crippen molar-refractivity contribution in [3.8, 4) is 0 Å². The fourth-order valence-corrected chi connectivity index (χ4v) is 1.71. The molecule has 1 aliphatic rings. The molecule has 0 aromatic rings. The van der Waals surface area contributed by atoms with Gasteiger partial charge in [0, 0.05) is 0 Å². The molecule has 0 aromatic carbocycles. The van der Waals surface area contributed by atoms with Crippen molar-refractivity contribution >= 4 is 22.6 Å². The van der Waals surface area contributed by atoms with Crippen molar-refractivity contribution in [1.82, 2.24) is 0 Å². The van der Waals surface area contributed by atoms with Crippen molar-refractivity contribution < 1.29 is 20.1 Å². The Kier molecular flexibility index (Phi) is 3.51. The normalized spacial score (nSPS) is 45.8. The van der Waals surface area contributed by atoms with Gasteiger partial charge in [-0.3, -0.25) is 0 Å². The molecule has 0 aliphatic carbocycles. The molecule has 4 nitrogen and oxygen atoms in total. The molecule has 1 fully saturated rings. The molecule has 4 atom stereocenters. The maximum Gasteiger partial charge on any atom is 0.167 e. The van der Waals surface area contributed by atoms with Crippen molar-refractivity contribution in [2.45, 2.75) is 28.8 Å². The molecule has 0 radical (unpaired) electrons. The van der Waals surface area contributed by atoms with Gasteiger partial charge in [0.15, 0.2) is 6.29 Å². The van der Waals surface area contributed by atoms with Gasteiger partial charge in [0.1, 0.15) is 6.10 Å². The van der Waals surface area contributed by atoms with Gasteiger partial charge in [-0.25, -0.2) is 0 Å². The van der Waals surface area contributed by atoms with Crippen LogP contribution in [0.5, 0.6) is 0 Å². The lowest BCUT2D eigenvalue weighted by Crippen LogP contribution is -2.46. The Bertz CT molecular complexity index is 132. The lowest BCUT2D eigenvalue weighted by Gasteiger charge is -2.33. The summed E-state index contributed by atoms with van der Waals surface area (Å²) >= 11 is 2.01. The van der Waals surface area contributed by atoms with E-state index < -0.39 is 18.5 Å². The van der Waals surface area contributed by atoms with E-state index in [2.05, 4.69) is 0 Å². The molecular weight excluding hydrogens is 263 g/mol. The third kappa shape index (κ3) is 2.25. The maximum absolute atomic E-state index is 9.26. The van der Waals surface area contributed by atoms with E-state index in [9.17, 15) is 5.11 Å². The average Bonchev–Trinajstić information content (AvgIpc) is 1.97. The van der Waals surface area contributed by atoms with Crippen LogP contribution in [0.3, 0.4) is 0 Å². The first-order valence-electron chi connectivity index (χ1n) is 3.41. The van der Waals surface area contributed by atoms with Crippen molar-refractivity contribution in [1.29, 1.82) is 0 Å². The molecule has 0 saturated carbocycles. The monoisotopic (exact) mass is 274 g/mol. The van der Waals surface area contributed by atoms with Crippen molar-refractivity contribution in [3.05, 3.63) is 0 Å². The highest BCUT2D eigenvalue weighted by Gasteiger charge is 2.34. The lowest BCUT2D eigenvalue weighted by atomic mass is 10.1. The van der Waals surface area contributed by atoms with Gasteiger partial charge in [-0.2, -0.15) is 0 Å². The molecule has 5 heteroatoms. The number of ether oxygens (including phenoxy) is 1. The number of aliphatic hydroxyl groups excluding tert-OH is 3. The highest BCUT2D eigenvalue weighted by atomic mass is 127. The molecule has 1 aliphatic heterocycles. The fourth-order valence-electron chi connectivity index (χ4n) is 1.02. The van der Waals surface area contributed by atoms with Crippen molar-refractivity contribution in [2.75, 3.05) is 6.61 Å². The van der Waals surface area contributed by atoms with E-state index in [1.54, 1.807) is 0 Å². The first-order valence-corrected chi connectivity index (χ1v) is 4.66. The SMILES string of the molecule is OCC1OC(O)C(I)CC1O. The number of rotatable bonds is 1. The summed E-state index contributed by atoms with van der Waals surface area (Å²) in [6.45, 7) is -0.248. The smallest absolute Gasteiger partial charge is 0.167 e. The zero-order valence-electron chi connectivity index (χ0n) is 5.85. The second-order valence-corrected chi connectivity index (χ2v) is 4.17. The van der Waals surface area contributed by atoms with E-state index in [0.717, 1.165) is 0 Å². The molecule has 0 amide bonds. The van der Waals surface area contributed by atoms with E-state index in [4.69, 9.17) is 14.9 Å². The average molecular weight is 274 g/mol. The van der Waals surface area contributed by atoms with Gasteiger partial charge in [0.05, 0.1) is 16.6 Å². The summed E-state index contributed by atoms with van der Waals surface area (Å²) in [5.74, 6) is 0. The zero-order valence-corrected chi connectivity index (χ0v) is 8.01. The van der Waals surface area contributed by atoms with Crippen LogP contribution in [0.4, 0.5) is 0 Å². The number of halogens is 1. The Morgan fingerprint density at radius 3 is 2.64 bits per heavy atom. The minimum absolute atomic E-state index is 0.0922. The summed E-state index contributed by atoms with van der Waals surface area (Å²) in [6.07, 6.45) is -1.69. The zero-order chi connectivity index (χ0) is 8.43. The van der Waals surface area contributed by atoms with Crippen LogP contribution in [-0.4, -0.2) is 44.3 Å². The molecule has 4 unspecified atom stereocenters. The van der Waals surface area contributed by atoms with E-state index in [-0.39, 0.29) is 10.5 Å². The van der Waals surface area contributed by atoms with E-state index in [1.165, 1.54) is 0 Å². The molecule has 0 bridgehead atoms.